The fourth-order valence-corrected chi connectivity index (χ4v) is 3.19. The minimum absolute atomic E-state index is 0.290. The summed E-state index contributed by atoms with van der Waals surface area (Å²) < 4.78 is 18.7. The molecule has 1 aliphatic rings. The predicted octanol–water partition coefficient (Wildman–Crippen LogP) is 4.48. The summed E-state index contributed by atoms with van der Waals surface area (Å²) in [7, 11) is 0. The molecule has 24 heavy (non-hydrogen) atoms. The number of nitrogens with zero attached hydrogens (tertiary/aromatic N) is 3. The van der Waals surface area contributed by atoms with Gasteiger partial charge in [-0.05, 0) is 60.9 Å². The third-order valence-electron chi connectivity index (χ3n) is 4.14. The van der Waals surface area contributed by atoms with Crippen LogP contribution in [0.25, 0.3) is 11.5 Å². The summed E-state index contributed by atoms with van der Waals surface area (Å²) in [5, 5.41) is 8.94. The molecule has 0 bridgehead atoms. The van der Waals surface area contributed by atoms with Crippen LogP contribution in [0.1, 0.15) is 17.9 Å². The molecule has 0 atom stereocenters. The first-order valence-corrected chi connectivity index (χ1v) is 8.18. The Balaban J connectivity index is 1.56. The Kier molecular flexibility index (Phi) is 3.94. The maximum atomic E-state index is 13.0. The van der Waals surface area contributed by atoms with E-state index in [0.29, 0.717) is 23.9 Å². The first-order chi connectivity index (χ1) is 11.7. The van der Waals surface area contributed by atoms with Gasteiger partial charge in [0.2, 0.25) is 11.8 Å². The van der Waals surface area contributed by atoms with Gasteiger partial charge in [-0.1, -0.05) is 11.6 Å². The first kappa shape index (κ1) is 15.1. The highest BCUT2D eigenvalue weighted by molar-refractivity contribution is 6.30. The normalized spacial score (nSPS) is 13.8. The number of hydrogen-bond acceptors (Lipinski definition) is 4. The molecule has 1 aliphatic heterocycles. The molecule has 0 amide bonds. The van der Waals surface area contributed by atoms with Crippen LogP contribution >= 0.6 is 11.6 Å². The van der Waals surface area contributed by atoms with E-state index in [1.54, 1.807) is 12.1 Å². The van der Waals surface area contributed by atoms with Gasteiger partial charge in [0.1, 0.15) is 5.82 Å². The van der Waals surface area contributed by atoms with Crippen molar-refractivity contribution in [3.63, 3.8) is 0 Å². The molecular formula is C18H15ClFN3O. The van der Waals surface area contributed by atoms with Crippen LogP contribution < -0.4 is 4.90 Å². The van der Waals surface area contributed by atoms with Crippen molar-refractivity contribution in [1.29, 1.82) is 0 Å². The third kappa shape index (κ3) is 2.99. The molecule has 0 fully saturated rings. The summed E-state index contributed by atoms with van der Waals surface area (Å²) in [6.07, 6.45) is 2.09. The van der Waals surface area contributed by atoms with Crippen LogP contribution in [0.5, 0.6) is 0 Å². The van der Waals surface area contributed by atoms with Gasteiger partial charge in [-0.3, -0.25) is 0 Å². The van der Waals surface area contributed by atoms with E-state index in [-0.39, 0.29) is 5.82 Å². The lowest BCUT2D eigenvalue weighted by Crippen LogP contribution is -2.28. The molecule has 3 aromatic rings. The van der Waals surface area contributed by atoms with Crippen molar-refractivity contribution < 1.29 is 8.81 Å². The molecule has 0 N–H and O–H groups in total. The van der Waals surface area contributed by atoms with Gasteiger partial charge in [-0.15, -0.1) is 10.2 Å². The molecule has 0 aliphatic carbocycles. The van der Waals surface area contributed by atoms with E-state index in [0.717, 1.165) is 30.1 Å². The second-order valence-corrected chi connectivity index (χ2v) is 6.24. The zero-order valence-corrected chi connectivity index (χ0v) is 13.6. The number of anilines is 1. The van der Waals surface area contributed by atoms with E-state index in [2.05, 4.69) is 15.1 Å². The van der Waals surface area contributed by atoms with E-state index in [1.807, 2.05) is 18.2 Å². The molecule has 2 aromatic carbocycles. The summed E-state index contributed by atoms with van der Waals surface area (Å²) in [5.41, 5.74) is 3.11. The molecule has 4 nitrogen and oxygen atoms in total. The lowest BCUT2D eigenvalue weighted by molar-refractivity contribution is 0.493. The molecule has 4 rings (SSSR count). The molecule has 0 unspecified atom stereocenters. The average Bonchev–Trinajstić information content (AvgIpc) is 3.04. The Morgan fingerprint density at radius 1 is 1.12 bits per heavy atom. The van der Waals surface area contributed by atoms with Crippen LogP contribution in [0.4, 0.5) is 10.1 Å². The maximum Gasteiger partial charge on any atom is 0.247 e. The molecule has 2 heterocycles. The number of rotatable bonds is 3. The quantitative estimate of drug-likeness (QED) is 0.703. The number of aromatic nitrogens is 2. The molecule has 6 heteroatoms. The summed E-state index contributed by atoms with van der Waals surface area (Å²) in [4.78, 5) is 2.22. The van der Waals surface area contributed by atoms with Crippen LogP contribution in [-0.2, 0) is 13.0 Å². The SMILES string of the molecule is Fc1ccc(-c2nnc(CN3CCCc4cc(Cl)ccc43)o2)cc1. The molecule has 122 valence electrons. The van der Waals surface area contributed by atoms with E-state index in [9.17, 15) is 4.39 Å². The minimum atomic E-state index is -0.290. The molecule has 0 radical (unpaired) electrons. The molecular weight excluding hydrogens is 329 g/mol. The van der Waals surface area contributed by atoms with Gasteiger partial charge in [0.05, 0.1) is 6.54 Å². The zero-order chi connectivity index (χ0) is 16.5. The van der Waals surface area contributed by atoms with Crippen LogP contribution in [0.15, 0.2) is 46.9 Å². The number of fused-ring (bicyclic) bond motifs is 1. The highest BCUT2D eigenvalue weighted by Crippen LogP contribution is 2.31. The Morgan fingerprint density at radius 3 is 2.79 bits per heavy atom. The maximum absolute atomic E-state index is 13.0. The van der Waals surface area contributed by atoms with Gasteiger partial charge >= 0.3 is 0 Å². The fraction of sp³-hybridized carbons (Fsp3) is 0.222. The average molecular weight is 344 g/mol. The van der Waals surface area contributed by atoms with Gasteiger partial charge in [0, 0.05) is 22.8 Å². The summed E-state index contributed by atoms with van der Waals surface area (Å²) >= 11 is 6.08. The lowest BCUT2D eigenvalue weighted by atomic mass is 10.0. The summed E-state index contributed by atoms with van der Waals surface area (Å²) in [5.74, 6) is 0.650. The summed E-state index contributed by atoms with van der Waals surface area (Å²) in [6, 6.07) is 12.0. The van der Waals surface area contributed by atoms with Crippen LogP contribution in [0, 0.1) is 5.82 Å². The molecule has 0 saturated carbocycles. The van der Waals surface area contributed by atoms with Crippen molar-refractivity contribution in [2.45, 2.75) is 19.4 Å². The van der Waals surface area contributed by atoms with E-state index >= 15 is 0 Å². The molecule has 0 saturated heterocycles. The highest BCUT2D eigenvalue weighted by atomic mass is 35.5. The predicted molar refractivity (Wildman–Crippen MR) is 90.5 cm³/mol. The van der Waals surface area contributed by atoms with Gasteiger partial charge in [-0.25, -0.2) is 4.39 Å². The Hall–Kier alpha value is -2.40. The second kappa shape index (κ2) is 6.24. The topological polar surface area (TPSA) is 42.2 Å². The van der Waals surface area contributed by atoms with Crippen molar-refractivity contribution in [2.24, 2.45) is 0 Å². The highest BCUT2D eigenvalue weighted by Gasteiger charge is 2.19. The van der Waals surface area contributed by atoms with Crippen molar-refractivity contribution >= 4 is 17.3 Å². The molecule has 0 spiro atoms. The van der Waals surface area contributed by atoms with Gasteiger partial charge in [0.25, 0.3) is 0 Å². The van der Waals surface area contributed by atoms with Gasteiger partial charge in [-0.2, -0.15) is 0 Å². The molecule has 1 aromatic heterocycles. The van der Waals surface area contributed by atoms with Crippen LogP contribution in [0.3, 0.4) is 0 Å². The van der Waals surface area contributed by atoms with Crippen molar-refractivity contribution in [2.75, 3.05) is 11.4 Å². The Labute approximate surface area is 143 Å². The van der Waals surface area contributed by atoms with Gasteiger partial charge < -0.3 is 9.32 Å². The first-order valence-electron chi connectivity index (χ1n) is 7.81. The second-order valence-electron chi connectivity index (χ2n) is 5.81. The van der Waals surface area contributed by atoms with E-state index in [1.165, 1.54) is 17.7 Å². The third-order valence-corrected chi connectivity index (χ3v) is 4.38. The summed E-state index contributed by atoms with van der Waals surface area (Å²) in [6.45, 7) is 1.48. The Bertz CT molecular complexity index is 863. The van der Waals surface area contributed by atoms with E-state index < -0.39 is 0 Å². The smallest absolute Gasteiger partial charge is 0.247 e. The number of halogens is 2. The van der Waals surface area contributed by atoms with Crippen LogP contribution in [0.2, 0.25) is 5.02 Å². The van der Waals surface area contributed by atoms with Crippen LogP contribution in [-0.4, -0.2) is 16.7 Å². The lowest BCUT2D eigenvalue weighted by Gasteiger charge is -2.30. The number of aryl methyl sites for hydroxylation is 1. The van der Waals surface area contributed by atoms with Crippen molar-refractivity contribution in [3.8, 4) is 11.5 Å². The fourth-order valence-electron chi connectivity index (χ4n) is 3.00. The van der Waals surface area contributed by atoms with Gasteiger partial charge in [0.15, 0.2) is 0 Å². The monoisotopic (exact) mass is 343 g/mol. The van der Waals surface area contributed by atoms with E-state index in [4.69, 9.17) is 16.0 Å². The standard InChI is InChI=1S/C18H15ClFN3O/c19-14-5-8-16-13(10-14)2-1-9-23(16)11-17-21-22-18(24-17)12-3-6-15(20)7-4-12/h3-8,10H,1-2,9,11H2. The Morgan fingerprint density at radius 2 is 1.96 bits per heavy atom. The van der Waals surface area contributed by atoms with Crippen molar-refractivity contribution in [3.05, 3.63) is 64.8 Å². The minimum Gasteiger partial charge on any atom is -0.419 e. The largest absolute Gasteiger partial charge is 0.419 e. The zero-order valence-electron chi connectivity index (χ0n) is 12.9. The number of hydrogen-bond donors (Lipinski definition) is 0. The van der Waals surface area contributed by atoms with Crippen molar-refractivity contribution in [1.82, 2.24) is 10.2 Å². The number of benzene rings is 2.